The smallest absolute Gasteiger partial charge is 0.311 e. The molecule has 1 saturated carbocycles. The highest BCUT2D eigenvalue weighted by molar-refractivity contribution is 5.81. The molecule has 3 nitrogen and oxygen atoms in total. The molecule has 94 valence electrons. The first kappa shape index (κ1) is 12.6. The highest BCUT2D eigenvalue weighted by Crippen LogP contribution is 2.54. The minimum atomic E-state index is -0.677. The van der Waals surface area contributed by atoms with E-state index in [4.69, 9.17) is 4.74 Å². The monoisotopic (exact) mass is 243 g/mol. The Labute approximate surface area is 107 Å². The first-order chi connectivity index (χ1) is 8.39. The number of hydrogen-bond acceptors (Lipinski definition) is 3. The maximum atomic E-state index is 12.0. The van der Waals surface area contributed by atoms with E-state index >= 15 is 0 Å². The minimum Gasteiger partial charge on any atom is -0.460 e. The van der Waals surface area contributed by atoms with E-state index in [1.807, 2.05) is 51.1 Å². The molecule has 0 amide bonds. The van der Waals surface area contributed by atoms with Crippen molar-refractivity contribution in [1.29, 1.82) is 5.26 Å². The molecule has 1 aliphatic rings. The van der Waals surface area contributed by atoms with E-state index in [2.05, 4.69) is 6.07 Å². The Balaban J connectivity index is 2.17. The molecule has 3 heteroatoms. The first-order valence-corrected chi connectivity index (χ1v) is 6.09. The van der Waals surface area contributed by atoms with Crippen molar-refractivity contribution in [3.63, 3.8) is 0 Å². The fourth-order valence-corrected chi connectivity index (χ4v) is 2.16. The van der Waals surface area contributed by atoms with Crippen molar-refractivity contribution < 1.29 is 9.53 Å². The summed E-state index contributed by atoms with van der Waals surface area (Å²) in [5.74, 6) is -0.600. The molecule has 0 aromatic heterocycles. The van der Waals surface area contributed by atoms with Gasteiger partial charge in [-0.25, -0.2) is 0 Å². The summed E-state index contributed by atoms with van der Waals surface area (Å²) in [5.41, 5.74) is -0.274. The van der Waals surface area contributed by atoms with Crippen LogP contribution < -0.4 is 0 Å². The average molecular weight is 243 g/mol. The van der Waals surface area contributed by atoms with Gasteiger partial charge in [-0.3, -0.25) is 4.79 Å². The predicted molar refractivity (Wildman–Crippen MR) is 67.7 cm³/mol. The third-order valence-electron chi connectivity index (χ3n) is 3.14. The lowest BCUT2D eigenvalue weighted by Gasteiger charge is -2.20. The van der Waals surface area contributed by atoms with Gasteiger partial charge in [0, 0.05) is 0 Å². The number of rotatable bonds is 2. The van der Waals surface area contributed by atoms with Gasteiger partial charge >= 0.3 is 5.97 Å². The summed E-state index contributed by atoms with van der Waals surface area (Å²) in [6.45, 7) is 5.51. The molecule has 0 aliphatic heterocycles. The topological polar surface area (TPSA) is 50.1 Å². The van der Waals surface area contributed by atoms with Crippen molar-refractivity contribution in [3.8, 4) is 6.07 Å². The van der Waals surface area contributed by atoms with Gasteiger partial charge in [0.05, 0.1) is 17.4 Å². The van der Waals surface area contributed by atoms with Crippen molar-refractivity contribution in [2.75, 3.05) is 0 Å². The predicted octanol–water partition coefficient (Wildman–Crippen LogP) is 2.81. The van der Waals surface area contributed by atoms with Crippen molar-refractivity contribution in [3.05, 3.63) is 35.9 Å². The van der Waals surface area contributed by atoms with Gasteiger partial charge in [-0.15, -0.1) is 0 Å². The molecule has 0 spiro atoms. The van der Waals surface area contributed by atoms with Crippen molar-refractivity contribution >= 4 is 5.97 Å². The van der Waals surface area contributed by atoms with Crippen molar-refractivity contribution in [2.45, 2.75) is 38.2 Å². The van der Waals surface area contributed by atoms with Crippen LogP contribution in [0.3, 0.4) is 0 Å². The Morgan fingerprint density at radius 3 is 2.50 bits per heavy atom. The maximum Gasteiger partial charge on any atom is 0.311 e. The molecule has 0 unspecified atom stereocenters. The van der Waals surface area contributed by atoms with Gasteiger partial charge in [0.2, 0.25) is 0 Å². The number of hydrogen-bond donors (Lipinski definition) is 0. The highest BCUT2D eigenvalue weighted by Gasteiger charge is 2.61. The molecule has 1 fully saturated rings. The van der Waals surface area contributed by atoms with Gasteiger partial charge in [0.15, 0.2) is 0 Å². The molecule has 0 bridgehead atoms. The van der Waals surface area contributed by atoms with Gasteiger partial charge in [-0.1, -0.05) is 30.3 Å². The van der Waals surface area contributed by atoms with Gasteiger partial charge in [-0.05, 0) is 32.8 Å². The van der Waals surface area contributed by atoms with E-state index in [9.17, 15) is 10.1 Å². The largest absolute Gasteiger partial charge is 0.460 e. The van der Waals surface area contributed by atoms with Crippen LogP contribution in [0.4, 0.5) is 0 Å². The van der Waals surface area contributed by atoms with Crippen molar-refractivity contribution in [2.24, 2.45) is 5.92 Å². The zero-order valence-corrected chi connectivity index (χ0v) is 10.9. The number of ether oxygens (including phenoxy) is 1. The molecule has 1 aromatic carbocycles. The van der Waals surface area contributed by atoms with Crippen LogP contribution in [0.2, 0.25) is 0 Å². The molecule has 2 atom stereocenters. The summed E-state index contributed by atoms with van der Waals surface area (Å²) in [4.78, 5) is 12.0. The third kappa shape index (κ3) is 2.24. The Kier molecular flexibility index (Phi) is 2.90. The van der Waals surface area contributed by atoms with Gasteiger partial charge in [-0.2, -0.15) is 5.26 Å². The summed E-state index contributed by atoms with van der Waals surface area (Å²) >= 11 is 0. The number of nitriles is 1. The molecular formula is C15H17NO2. The third-order valence-corrected chi connectivity index (χ3v) is 3.14. The van der Waals surface area contributed by atoms with Crippen LogP contribution in [0.5, 0.6) is 0 Å². The molecule has 0 heterocycles. The molecular weight excluding hydrogens is 226 g/mol. The molecule has 18 heavy (non-hydrogen) atoms. The van der Waals surface area contributed by atoms with Crippen LogP contribution >= 0.6 is 0 Å². The average Bonchev–Trinajstić information content (AvgIpc) is 3.04. The molecule has 1 aliphatic carbocycles. The Morgan fingerprint density at radius 2 is 2.00 bits per heavy atom. The van der Waals surface area contributed by atoms with E-state index in [1.54, 1.807) is 0 Å². The Bertz CT molecular complexity index is 495. The molecule has 0 saturated heterocycles. The number of carbonyl (C=O) groups excluding carboxylic acids is 1. The second-order valence-corrected chi connectivity index (χ2v) is 5.74. The lowest BCUT2D eigenvalue weighted by molar-refractivity contribution is -0.156. The SMILES string of the molecule is CC(C)(C)OC(=O)[C@H]1C[C@]1(C#N)c1ccccc1. The van der Waals surface area contributed by atoms with Crippen LogP contribution in [0.25, 0.3) is 0 Å². The fraction of sp³-hybridized carbons (Fsp3) is 0.467. The van der Waals surface area contributed by atoms with Crippen LogP contribution in [0, 0.1) is 17.2 Å². The molecule has 0 radical (unpaired) electrons. The summed E-state index contributed by atoms with van der Waals surface area (Å²) in [7, 11) is 0. The van der Waals surface area contributed by atoms with Crippen LogP contribution in [-0.2, 0) is 14.9 Å². The number of carbonyl (C=O) groups is 1. The van der Waals surface area contributed by atoms with Gasteiger partial charge in [0.25, 0.3) is 0 Å². The number of benzene rings is 1. The second kappa shape index (κ2) is 4.13. The lowest BCUT2D eigenvalue weighted by atomic mass is 9.95. The van der Waals surface area contributed by atoms with E-state index in [1.165, 1.54) is 0 Å². The molecule has 1 aromatic rings. The van der Waals surface area contributed by atoms with E-state index in [-0.39, 0.29) is 11.9 Å². The summed E-state index contributed by atoms with van der Waals surface area (Å²) in [6, 6.07) is 11.8. The zero-order valence-electron chi connectivity index (χ0n) is 10.9. The maximum absolute atomic E-state index is 12.0. The molecule has 2 rings (SSSR count). The second-order valence-electron chi connectivity index (χ2n) is 5.74. The Hall–Kier alpha value is -1.82. The van der Waals surface area contributed by atoms with E-state index < -0.39 is 11.0 Å². The summed E-state index contributed by atoms with van der Waals surface area (Å²) in [6.07, 6.45) is 0.558. The fourth-order valence-electron chi connectivity index (χ4n) is 2.16. The van der Waals surface area contributed by atoms with E-state index in [0.717, 1.165) is 5.56 Å². The van der Waals surface area contributed by atoms with E-state index in [0.29, 0.717) is 6.42 Å². The number of esters is 1. The van der Waals surface area contributed by atoms with Gasteiger partial charge < -0.3 is 4.74 Å². The standard InChI is InChI=1S/C15H17NO2/c1-14(2,3)18-13(17)12-9-15(12,10-16)11-7-5-4-6-8-11/h4-8,12H,9H2,1-3H3/t12-,15+/m1/s1. The summed E-state index contributed by atoms with van der Waals surface area (Å²) in [5, 5.41) is 9.37. The van der Waals surface area contributed by atoms with Crippen LogP contribution in [0.1, 0.15) is 32.8 Å². The zero-order chi connectivity index (χ0) is 13.4. The Morgan fingerprint density at radius 1 is 1.39 bits per heavy atom. The van der Waals surface area contributed by atoms with Crippen LogP contribution in [0.15, 0.2) is 30.3 Å². The normalized spacial score (nSPS) is 26.2. The number of nitrogens with zero attached hydrogens (tertiary/aromatic N) is 1. The highest BCUT2D eigenvalue weighted by atomic mass is 16.6. The quantitative estimate of drug-likeness (QED) is 0.750. The lowest BCUT2D eigenvalue weighted by Crippen LogP contribution is -2.27. The minimum absolute atomic E-state index is 0.270. The molecule has 0 N–H and O–H groups in total. The summed E-state index contributed by atoms with van der Waals surface area (Å²) < 4.78 is 5.35. The van der Waals surface area contributed by atoms with Crippen LogP contribution in [-0.4, -0.2) is 11.6 Å². The van der Waals surface area contributed by atoms with Gasteiger partial charge in [0.1, 0.15) is 5.60 Å². The first-order valence-electron chi connectivity index (χ1n) is 6.09. The van der Waals surface area contributed by atoms with Crippen molar-refractivity contribution in [1.82, 2.24) is 0 Å².